The Morgan fingerprint density at radius 3 is 1.16 bits per heavy atom. The van der Waals surface area contributed by atoms with Crippen molar-refractivity contribution in [2.24, 2.45) is 0 Å². The first-order chi connectivity index (χ1) is 27.8. The Kier molecular flexibility index (Phi) is 7.42. The molecule has 0 radical (unpaired) electrons. The number of hydrogen-bond donors (Lipinski definition) is 0. The van der Waals surface area contributed by atoms with Gasteiger partial charge in [-0.05, 0) is 35.9 Å². The maximum atomic E-state index is 5.20. The van der Waals surface area contributed by atoms with Crippen molar-refractivity contribution in [1.82, 2.24) is 24.1 Å². The van der Waals surface area contributed by atoms with E-state index in [4.69, 9.17) is 15.0 Å². The molecule has 0 aliphatic rings. The summed E-state index contributed by atoms with van der Waals surface area (Å²) < 4.78 is 4.90. The van der Waals surface area contributed by atoms with Crippen LogP contribution in [0.5, 0.6) is 0 Å². The molecular formula is C51H33N5. The Hall–Kier alpha value is -7.63. The summed E-state index contributed by atoms with van der Waals surface area (Å²) in [5.74, 6) is 1.87. The molecule has 0 aliphatic heterocycles. The summed E-state index contributed by atoms with van der Waals surface area (Å²) in [6.07, 6.45) is 0. The molecule has 0 atom stereocenters. The standard InChI is InChI=1S/C51H33N5/c1-4-18-34(19-5-1)37-24-10-14-28-43(37)55-44-29-15-11-25-38(44)40-32-33-41-39-26-12-16-30-45(39)56(48(41)47(40)55)46-31-17-13-27-42(46)51-53-49(35-20-6-2-7-21-35)52-50(54-51)36-22-8-3-9-23-36/h1-33H. The Bertz CT molecular complexity index is 3180. The van der Waals surface area contributed by atoms with E-state index < -0.39 is 0 Å². The van der Waals surface area contributed by atoms with Gasteiger partial charge >= 0.3 is 0 Å². The zero-order valence-corrected chi connectivity index (χ0v) is 30.3. The van der Waals surface area contributed by atoms with Crippen LogP contribution in [0, 0.1) is 0 Å². The minimum atomic E-state index is 0.612. The monoisotopic (exact) mass is 715 g/mol. The molecule has 56 heavy (non-hydrogen) atoms. The fourth-order valence-electron chi connectivity index (χ4n) is 8.32. The number of para-hydroxylation sites is 4. The molecule has 0 saturated heterocycles. The molecule has 0 saturated carbocycles. The van der Waals surface area contributed by atoms with Crippen LogP contribution in [-0.2, 0) is 0 Å². The smallest absolute Gasteiger partial charge is 0.166 e. The Morgan fingerprint density at radius 1 is 0.268 bits per heavy atom. The highest BCUT2D eigenvalue weighted by molar-refractivity contribution is 6.24. The third kappa shape index (κ3) is 5.06. The molecule has 0 fully saturated rings. The zero-order chi connectivity index (χ0) is 37.0. The van der Waals surface area contributed by atoms with Crippen molar-refractivity contribution < 1.29 is 0 Å². The molecular weight excluding hydrogens is 683 g/mol. The lowest BCUT2D eigenvalue weighted by atomic mass is 10.0. The first-order valence-corrected chi connectivity index (χ1v) is 18.9. The van der Waals surface area contributed by atoms with Crippen LogP contribution in [0.3, 0.4) is 0 Å². The summed E-state index contributed by atoms with van der Waals surface area (Å²) in [6, 6.07) is 70.3. The molecule has 8 aromatic carbocycles. The van der Waals surface area contributed by atoms with Crippen LogP contribution in [-0.4, -0.2) is 24.1 Å². The molecule has 3 aromatic heterocycles. The van der Waals surface area contributed by atoms with Crippen LogP contribution < -0.4 is 0 Å². The van der Waals surface area contributed by atoms with Gasteiger partial charge in [-0.3, -0.25) is 0 Å². The van der Waals surface area contributed by atoms with Crippen molar-refractivity contribution in [3.8, 4) is 56.7 Å². The molecule has 5 heteroatoms. The van der Waals surface area contributed by atoms with Gasteiger partial charge in [0.1, 0.15) is 0 Å². The van der Waals surface area contributed by atoms with E-state index in [1.54, 1.807) is 0 Å². The van der Waals surface area contributed by atoms with Crippen LogP contribution in [0.25, 0.3) is 100 Å². The molecule has 0 N–H and O–H groups in total. The van der Waals surface area contributed by atoms with Crippen LogP contribution >= 0.6 is 0 Å². The largest absolute Gasteiger partial charge is 0.307 e. The molecule has 11 aromatic rings. The second kappa shape index (κ2) is 13.0. The highest BCUT2D eigenvalue weighted by atomic mass is 15.1. The lowest BCUT2D eigenvalue weighted by Gasteiger charge is -2.17. The fraction of sp³-hybridized carbons (Fsp3) is 0. The highest BCUT2D eigenvalue weighted by Gasteiger charge is 2.24. The maximum Gasteiger partial charge on any atom is 0.166 e. The summed E-state index contributed by atoms with van der Waals surface area (Å²) >= 11 is 0. The van der Waals surface area contributed by atoms with Crippen LogP contribution in [0.4, 0.5) is 0 Å². The first kappa shape index (κ1) is 31.9. The molecule has 262 valence electrons. The van der Waals surface area contributed by atoms with Crippen molar-refractivity contribution in [3.63, 3.8) is 0 Å². The summed E-state index contributed by atoms with van der Waals surface area (Å²) in [4.78, 5) is 15.4. The van der Waals surface area contributed by atoms with Crippen LogP contribution in [0.1, 0.15) is 0 Å². The highest BCUT2D eigenvalue weighted by Crippen LogP contribution is 2.44. The quantitative estimate of drug-likeness (QED) is 0.172. The molecule has 11 rings (SSSR count). The molecule has 0 unspecified atom stereocenters. The molecule has 0 amide bonds. The van der Waals surface area contributed by atoms with E-state index in [2.05, 4.69) is 173 Å². The topological polar surface area (TPSA) is 48.5 Å². The Balaban J connectivity index is 1.26. The van der Waals surface area contributed by atoms with Gasteiger partial charge in [-0.1, -0.05) is 170 Å². The van der Waals surface area contributed by atoms with Gasteiger partial charge in [0, 0.05) is 43.8 Å². The fourth-order valence-corrected chi connectivity index (χ4v) is 8.32. The second-order valence-corrected chi connectivity index (χ2v) is 14.0. The maximum absolute atomic E-state index is 5.20. The van der Waals surface area contributed by atoms with Gasteiger partial charge in [0.15, 0.2) is 17.5 Å². The van der Waals surface area contributed by atoms with Crippen molar-refractivity contribution in [3.05, 3.63) is 200 Å². The van der Waals surface area contributed by atoms with Gasteiger partial charge < -0.3 is 9.13 Å². The van der Waals surface area contributed by atoms with E-state index in [9.17, 15) is 0 Å². The normalized spacial score (nSPS) is 11.6. The minimum Gasteiger partial charge on any atom is -0.307 e. The van der Waals surface area contributed by atoms with Gasteiger partial charge in [0.05, 0.1) is 33.4 Å². The average Bonchev–Trinajstić information content (AvgIpc) is 3.80. The van der Waals surface area contributed by atoms with Crippen molar-refractivity contribution in [2.45, 2.75) is 0 Å². The third-order valence-electron chi connectivity index (χ3n) is 10.8. The molecule has 5 nitrogen and oxygen atoms in total. The minimum absolute atomic E-state index is 0.612. The average molecular weight is 716 g/mol. The third-order valence-corrected chi connectivity index (χ3v) is 10.8. The van der Waals surface area contributed by atoms with Gasteiger partial charge in [0.25, 0.3) is 0 Å². The van der Waals surface area contributed by atoms with Gasteiger partial charge in [-0.15, -0.1) is 0 Å². The van der Waals surface area contributed by atoms with Gasteiger partial charge in [-0.2, -0.15) is 0 Å². The number of rotatable bonds is 6. The molecule has 0 spiro atoms. The Morgan fingerprint density at radius 2 is 0.643 bits per heavy atom. The Labute approximate surface area is 323 Å². The predicted octanol–water partition coefficient (Wildman–Crippen LogP) is 12.7. The van der Waals surface area contributed by atoms with E-state index in [-0.39, 0.29) is 0 Å². The van der Waals surface area contributed by atoms with Crippen molar-refractivity contribution >= 4 is 43.6 Å². The summed E-state index contributed by atoms with van der Waals surface area (Å²) in [5, 5.41) is 4.75. The number of fused-ring (bicyclic) bond motifs is 7. The van der Waals surface area contributed by atoms with Crippen molar-refractivity contribution in [1.29, 1.82) is 0 Å². The van der Waals surface area contributed by atoms with Gasteiger partial charge in [-0.25, -0.2) is 15.0 Å². The van der Waals surface area contributed by atoms with E-state index in [0.717, 1.165) is 50.1 Å². The molecule has 3 heterocycles. The lowest BCUT2D eigenvalue weighted by Crippen LogP contribution is -2.04. The van der Waals surface area contributed by atoms with E-state index in [0.29, 0.717) is 17.5 Å². The van der Waals surface area contributed by atoms with Gasteiger partial charge in [0.2, 0.25) is 0 Å². The number of benzene rings is 8. The van der Waals surface area contributed by atoms with Crippen LogP contribution in [0.15, 0.2) is 200 Å². The predicted molar refractivity (Wildman–Crippen MR) is 230 cm³/mol. The number of nitrogens with zero attached hydrogens (tertiary/aromatic N) is 5. The summed E-state index contributed by atoms with van der Waals surface area (Å²) in [6.45, 7) is 0. The first-order valence-electron chi connectivity index (χ1n) is 18.9. The van der Waals surface area contributed by atoms with E-state index in [1.807, 2.05) is 36.4 Å². The summed E-state index contributed by atoms with van der Waals surface area (Å²) in [7, 11) is 0. The molecule has 0 aliphatic carbocycles. The number of hydrogen-bond acceptors (Lipinski definition) is 3. The summed E-state index contributed by atoms with van der Waals surface area (Å²) in [5.41, 5.74) is 11.8. The van der Waals surface area contributed by atoms with Crippen LogP contribution in [0.2, 0.25) is 0 Å². The van der Waals surface area contributed by atoms with Crippen molar-refractivity contribution in [2.75, 3.05) is 0 Å². The van der Waals surface area contributed by atoms with E-state index >= 15 is 0 Å². The second-order valence-electron chi connectivity index (χ2n) is 14.0. The molecule has 0 bridgehead atoms. The SMILES string of the molecule is c1ccc(-c2nc(-c3ccccc3)nc(-c3ccccc3-n3c4ccccc4c4ccc5c6ccccc6n(-c6ccccc6-c6ccccc6)c5c43)n2)cc1. The zero-order valence-electron chi connectivity index (χ0n) is 30.3. The lowest BCUT2D eigenvalue weighted by molar-refractivity contribution is 1.06. The van der Waals surface area contributed by atoms with E-state index in [1.165, 1.54) is 32.7 Å². The number of aromatic nitrogens is 5.